The highest BCUT2D eigenvalue weighted by Gasteiger charge is 2.23. The molecule has 10 nitrogen and oxygen atoms in total. The maximum absolute atomic E-state index is 12.8. The van der Waals surface area contributed by atoms with Crippen molar-refractivity contribution in [3.05, 3.63) is 51.7 Å². The molecule has 1 amide bonds. The molecule has 0 radical (unpaired) electrons. The first-order valence-electron chi connectivity index (χ1n) is 12.9. The third kappa shape index (κ3) is 7.65. The van der Waals surface area contributed by atoms with E-state index >= 15 is 0 Å². The van der Waals surface area contributed by atoms with Crippen molar-refractivity contribution in [2.24, 2.45) is 0 Å². The Morgan fingerprint density at radius 3 is 2.67 bits per heavy atom. The summed E-state index contributed by atoms with van der Waals surface area (Å²) in [6.07, 6.45) is 3.79. The molecule has 4 rings (SSSR count). The van der Waals surface area contributed by atoms with E-state index in [-0.39, 0.29) is 11.9 Å². The number of hydrogen-bond donors (Lipinski definition) is 2. The summed E-state index contributed by atoms with van der Waals surface area (Å²) in [5.74, 6) is 1.71. The summed E-state index contributed by atoms with van der Waals surface area (Å²) >= 11 is 7.49. The molecule has 3 heterocycles. The van der Waals surface area contributed by atoms with Crippen molar-refractivity contribution in [3.8, 4) is 0 Å². The van der Waals surface area contributed by atoms with Gasteiger partial charge in [-0.1, -0.05) is 35.1 Å². The Morgan fingerprint density at radius 1 is 1.18 bits per heavy atom. The van der Waals surface area contributed by atoms with E-state index in [4.69, 9.17) is 16.3 Å². The minimum atomic E-state index is -0.270. The number of aromatic nitrogens is 3. The van der Waals surface area contributed by atoms with Crippen LogP contribution in [0.25, 0.3) is 0 Å². The second-order valence-corrected chi connectivity index (χ2v) is 11.0. The molecule has 1 atom stereocenters. The molecule has 0 bridgehead atoms. The topological polar surface area (TPSA) is 113 Å². The number of para-hydroxylation sites is 1. The zero-order valence-electron chi connectivity index (χ0n) is 22.7. The molecule has 1 unspecified atom stereocenters. The molecular weight excluding hydrogens is 538 g/mol. The number of hydrogen-bond acceptors (Lipinski definition) is 10. The van der Waals surface area contributed by atoms with Crippen molar-refractivity contribution in [1.82, 2.24) is 19.9 Å². The van der Waals surface area contributed by atoms with Crippen LogP contribution < -0.4 is 15.5 Å². The molecule has 0 spiro atoms. The molecule has 0 aliphatic carbocycles. The van der Waals surface area contributed by atoms with Crippen molar-refractivity contribution >= 4 is 57.3 Å². The van der Waals surface area contributed by atoms with E-state index < -0.39 is 0 Å². The lowest BCUT2D eigenvalue weighted by Crippen LogP contribution is -2.50. The number of piperazine rings is 1. The first-order chi connectivity index (χ1) is 18.7. The third-order valence-electron chi connectivity index (χ3n) is 6.74. The van der Waals surface area contributed by atoms with E-state index in [1.165, 1.54) is 24.6 Å². The maximum atomic E-state index is 12.8. The Labute approximate surface area is 237 Å². The van der Waals surface area contributed by atoms with Gasteiger partial charge in [0.2, 0.25) is 0 Å². The minimum Gasteiger partial charge on any atom is -0.469 e. The molecule has 1 saturated heterocycles. The van der Waals surface area contributed by atoms with E-state index in [0.29, 0.717) is 44.8 Å². The van der Waals surface area contributed by atoms with Crippen LogP contribution in [-0.2, 0) is 9.53 Å². The first kappa shape index (κ1) is 28.7. The van der Waals surface area contributed by atoms with E-state index in [0.717, 1.165) is 50.4 Å². The molecule has 2 N–H and O–H groups in total. The quantitative estimate of drug-likeness (QED) is 0.323. The maximum Gasteiger partial charge on any atom is 0.305 e. The van der Waals surface area contributed by atoms with Crippen LogP contribution in [0.15, 0.2) is 30.5 Å². The monoisotopic (exact) mass is 571 g/mol. The number of anilines is 4. The number of nitrogens with one attached hydrogen (secondary N) is 2. The number of carbonyl (C=O) groups excluding carboxylic acids is 2. The Bertz CT molecular complexity index is 1290. The van der Waals surface area contributed by atoms with Crippen molar-refractivity contribution < 1.29 is 14.3 Å². The number of thiazole rings is 1. The normalized spacial score (nSPS) is 14.6. The second kappa shape index (κ2) is 13.2. The molecule has 1 aromatic carbocycles. The average Bonchev–Trinajstić information content (AvgIpc) is 3.39. The van der Waals surface area contributed by atoms with Crippen molar-refractivity contribution in [3.63, 3.8) is 0 Å². The lowest BCUT2D eigenvalue weighted by Gasteiger charge is -2.38. The standard InChI is InChI=1S/C27H34ClN7O3S/c1-17-7-5-9-20(28)25(17)33-26(37)21-16-29-27(39-21)32-22-15-23(31-19(3)30-22)35-13-11-34(12-14-35)18(2)8-6-10-24(36)38-4/h5,7,9,15-16,18H,6,8,10-14H2,1-4H3,(H,33,37)(H,29,30,31,32). The SMILES string of the molecule is COC(=O)CCCC(C)N1CCN(c2cc(Nc3ncc(C(=O)Nc4c(C)cccc4Cl)s3)nc(C)n2)CC1. The van der Waals surface area contributed by atoms with E-state index in [9.17, 15) is 9.59 Å². The van der Waals surface area contributed by atoms with Gasteiger partial charge < -0.3 is 20.3 Å². The van der Waals surface area contributed by atoms with Crippen molar-refractivity contribution in [2.45, 2.75) is 46.1 Å². The number of aryl methyl sites for hydroxylation is 2. The molecular formula is C27H34ClN7O3S. The van der Waals surface area contributed by atoms with Crippen LogP contribution in [0.2, 0.25) is 5.02 Å². The second-order valence-electron chi connectivity index (χ2n) is 9.54. The van der Waals surface area contributed by atoms with Crippen LogP contribution in [0.5, 0.6) is 0 Å². The highest BCUT2D eigenvalue weighted by molar-refractivity contribution is 7.17. The molecule has 0 saturated carbocycles. The molecule has 1 aliphatic heterocycles. The van der Waals surface area contributed by atoms with Gasteiger partial charge in [0.25, 0.3) is 5.91 Å². The van der Waals surface area contributed by atoms with Crippen LogP contribution in [0, 0.1) is 13.8 Å². The van der Waals surface area contributed by atoms with Gasteiger partial charge in [0.1, 0.15) is 22.3 Å². The summed E-state index contributed by atoms with van der Waals surface area (Å²) in [6.45, 7) is 9.50. The van der Waals surface area contributed by atoms with Crippen LogP contribution in [-0.4, -0.2) is 71.1 Å². The number of carbonyl (C=O) groups is 2. The number of methoxy groups -OCH3 is 1. The predicted octanol–water partition coefficient (Wildman–Crippen LogP) is 5.05. The number of amides is 1. The highest BCUT2D eigenvalue weighted by atomic mass is 35.5. The predicted molar refractivity (Wildman–Crippen MR) is 155 cm³/mol. The number of halogens is 1. The van der Waals surface area contributed by atoms with E-state index in [1.807, 2.05) is 32.0 Å². The van der Waals surface area contributed by atoms with Gasteiger partial charge in [-0.25, -0.2) is 15.0 Å². The average molecular weight is 572 g/mol. The van der Waals surface area contributed by atoms with Gasteiger partial charge >= 0.3 is 5.97 Å². The Morgan fingerprint density at radius 2 is 1.95 bits per heavy atom. The van der Waals surface area contributed by atoms with E-state index in [1.54, 1.807) is 6.07 Å². The Kier molecular flexibility index (Phi) is 9.71. The zero-order valence-corrected chi connectivity index (χ0v) is 24.2. The Hall–Kier alpha value is -3.28. The van der Waals surface area contributed by atoms with Crippen molar-refractivity contribution in [1.29, 1.82) is 0 Å². The minimum absolute atomic E-state index is 0.153. The van der Waals surface area contributed by atoms with Crippen LogP contribution in [0.3, 0.4) is 0 Å². The summed E-state index contributed by atoms with van der Waals surface area (Å²) in [7, 11) is 1.43. The third-order valence-corrected chi connectivity index (χ3v) is 7.97. The van der Waals surface area contributed by atoms with Gasteiger partial charge in [-0.3, -0.25) is 14.5 Å². The molecule has 3 aromatic rings. The molecule has 39 heavy (non-hydrogen) atoms. The van der Waals surface area contributed by atoms with Gasteiger partial charge in [-0.15, -0.1) is 0 Å². The fraction of sp³-hybridized carbons (Fsp3) is 0.444. The summed E-state index contributed by atoms with van der Waals surface area (Å²) < 4.78 is 4.74. The van der Waals surface area contributed by atoms with Gasteiger partial charge in [0.15, 0.2) is 5.13 Å². The van der Waals surface area contributed by atoms with E-state index in [2.05, 4.69) is 42.3 Å². The zero-order chi connectivity index (χ0) is 27.9. The molecule has 2 aromatic heterocycles. The molecule has 1 fully saturated rings. The van der Waals surface area contributed by atoms with Crippen LogP contribution >= 0.6 is 22.9 Å². The van der Waals surface area contributed by atoms with Crippen molar-refractivity contribution in [2.75, 3.05) is 48.8 Å². The summed E-state index contributed by atoms with van der Waals surface area (Å²) in [4.78, 5) is 42.9. The van der Waals surface area contributed by atoms with Gasteiger partial charge in [-0.2, -0.15) is 0 Å². The summed E-state index contributed by atoms with van der Waals surface area (Å²) in [5.41, 5.74) is 1.48. The molecule has 12 heteroatoms. The first-order valence-corrected chi connectivity index (χ1v) is 14.1. The van der Waals surface area contributed by atoms with Gasteiger partial charge in [0, 0.05) is 44.7 Å². The number of rotatable bonds is 10. The molecule has 208 valence electrons. The Balaban J connectivity index is 1.34. The fourth-order valence-electron chi connectivity index (χ4n) is 4.51. The van der Waals surface area contributed by atoms with Gasteiger partial charge in [-0.05, 0) is 45.2 Å². The summed E-state index contributed by atoms with van der Waals surface area (Å²) in [6, 6.07) is 7.80. The van der Waals surface area contributed by atoms with Crippen LogP contribution in [0.1, 0.15) is 47.2 Å². The van der Waals surface area contributed by atoms with Crippen LogP contribution in [0.4, 0.5) is 22.5 Å². The number of nitrogens with zero attached hydrogens (tertiary/aromatic N) is 5. The largest absolute Gasteiger partial charge is 0.469 e. The fourth-order valence-corrected chi connectivity index (χ4v) is 5.50. The highest BCUT2D eigenvalue weighted by Crippen LogP contribution is 2.28. The lowest BCUT2D eigenvalue weighted by atomic mass is 10.1. The number of ether oxygens (including phenoxy) is 1. The van der Waals surface area contributed by atoms with Gasteiger partial charge in [0.05, 0.1) is 24.0 Å². The lowest BCUT2D eigenvalue weighted by molar-refractivity contribution is -0.140. The number of esters is 1. The smallest absolute Gasteiger partial charge is 0.305 e. The summed E-state index contributed by atoms with van der Waals surface area (Å²) in [5, 5.41) is 7.15. The number of benzene rings is 1. The molecule has 1 aliphatic rings.